The SMILES string of the molecule is CC1C(C(=O)O)CCN1C(=O)C(c1ccccc1)C1CC1. The third kappa shape index (κ3) is 2.67. The lowest BCUT2D eigenvalue weighted by atomic mass is 9.92. The minimum Gasteiger partial charge on any atom is -0.481 e. The predicted octanol–water partition coefficient (Wildman–Crippen LogP) is 2.50. The molecule has 1 aromatic rings. The maximum absolute atomic E-state index is 12.9. The second-order valence-electron chi connectivity index (χ2n) is 6.23. The number of amides is 1. The molecule has 0 radical (unpaired) electrons. The van der Waals surface area contributed by atoms with Crippen molar-refractivity contribution in [3.63, 3.8) is 0 Å². The monoisotopic (exact) mass is 287 g/mol. The first kappa shape index (κ1) is 14.1. The molecule has 1 aromatic carbocycles. The minimum absolute atomic E-state index is 0.0961. The molecular formula is C17H21NO3. The van der Waals surface area contributed by atoms with Gasteiger partial charge in [-0.05, 0) is 37.7 Å². The van der Waals surface area contributed by atoms with E-state index in [-0.39, 0.29) is 17.9 Å². The van der Waals surface area contributed by atoms with Crippen molar-refractivity contribution in [1.82, 2.24) is 4.90 Å². The van der Waals surface area contributed by atoms with E-state index >= 15 is 0 Å². The lowest BCUT2D eigenvalue weighted by Gasteiger charge is -2.28. The van der Waals surface area contributed by atoms with Gasteiger partial charge >= 0.3 is 5.97 Å². The number of nitrogens with zero attached hydrogens (tertiary/aromatic N) is 1. The fourth-order valence-electron chi connectivity index (χ4n) is 3.47. The van der Waals surface area contributed by atoms with Gasteiger partial charge in [0, 0.05) is 12.6 Å². The Balaban J connectivity index is 1.81. The molecule has 1 saturated carbocycles. The molecule has 1 amide bonds. The van der Waals surface area contributed by atoms with Gasteiger partial charge in [-0.15, -0.1) is 0 Å². The van der Waals surface area contributed by atoms with Gasteiger partial charge in [0.25, 0.3) is 0 Å². The summed E-state index contributed by atoms with van der Waals surface area (Å²) in [4.78, 5) is 26.0. The first-order valence-corrected chi connectivity index (χ1v) is 7.68. The van der Waals surface area contributed by atoms with E-state index in [1.165, 1.54) is 0 Å². The molecule has 4 nitrogen and oxygen atoms in total. The van der Waals surface area contributed by atoms with Crippen LogP contribution < -0.4 is 0 Å². The number of aliphatic carboxylic acids is 1. The van der Waals surface area contributed by atoms with E-state index in [0.29, 0.717) is 18.9 Å². The third-order valence-corrected chi connectivity index (χ3v) is 4.87. The number of hydrogen-bond donors (Lipinski definition) is 1. The summed E-state index contributed by atoms with van der Waals surface area (Å²) in [5.41, 5.74) is 1.07. The van der Waals surface area contributed by atoms with Crippen LogP contribution in [0.3, 0.4) is 0 Å². The summed E-state index contributed by atoms with van der Waals surface area (Å²) in [7, 11) is 0. The summed E-state index contributed by atoms with van der Waals surface area (Å²) >= 11 is 0. The van der Waals surface area contributed by atoms with Crippen molar-refractivity contribution in [2.24, 2.45) is 11.8 Å². The predicted molar refractivity (Wildman–Crippen MR) is 78.8 cm³/mol. The Bertz CT molecular complexity index is 538. The number of carboxylic acid groups (broad SMARTS) is 1. The van der Waals surface area contributed by atoms with Crippen molar-refractivity contribution >= 4 is 11.9 Å². The number of carbonyl (C=O) groups excluding carboxylic acids is 1. The smallest absolute Gasteiger partial charge is 0.308 e. The topological polar surface area (TPSA) is 57.6 Å². The van der Waals surface area contributed by atoms with E-state index in [0.717, 1.165) is 18.4 Å². The Morgan fingerprint density at radius 3 is 2.38 bits per heavy atom. The second kappa shape index (κ2) is 5.51. The van der Waals surface area contributed by atoms with E-state index in [1.54, 1.807) is 4.90 Å². The number of hydrogen-bond acceptors (Lipinski definition) is 2. The van der Waals surface area contributed by atoms with Crippen molar-refractivity contribution in [1.29, 1.82) is 0 Å². The second-order valence-corrected chi connectivity index (χ2v) is 6.23. The molecule has 2 aliphatic rings. The Labute approximate surface area is 124 Å². The molecule has 1 saturated heterocycles. The maximum Gasteiger partial charge on any atom is 0.308 e. The zero-order valence-corrected chi connectivity index (χ0v) is 12.2. The highest BCUT2D eigenvalue weighted by Gasteiger charge is 2.44. The number of benzene rings is 1. The fourth-order valence-corrected chi connectivity index (χ4v) is 3.47. The van der Waals surface area contributed by atoms with Crippen LogP contribution >= 0.6 is 0 Å². The van der Waals surface area contributed by atoms with Crippen LogP contribution in [0.25, 0.3) is 0 Å². The van der Waals surface area contributed by atoms with Gasteiger partial charge in [-0.25, -0.2) is 0 Å². The first-order chi connectivity index (χ1) is 10.1. The summed E-state index contributed by atoms with van der Waals surface area (Å²) in [5, 5.41) is 9.22. The molecule has 3 unspecified atom stereocenters. The fraction of sp³-hybridized carbons (Fsp3) is 0.529. The van der Waals surface area contributed by atoms with Crippen molar-refractivity contribution < 1.29 is 14.7 Å². The van der Waals surface area contributed by atoms with Crippen LogP contribution in [-0.2, 0) is 9.59 Å². The average molecular weight is 287 g/mol. The highest BCUT2D eigenvalue weighted by Crippen LogP contribution is 2.44. The number of carbonyl (C=O) groups is 2. The average Bonchev–Trinajstić information content (AvgIpc) is 3.21. The normalized spacial score (nSPS) is 26.6. The van der Waals surface area contributed by atoms with Gasteiger partial charge in [0.2, 0.25) is 5.91 Å². The number of carboxylic acids is 1. The zero-order chi connectivity index (χ0) is 15.0. The van der Waals surface area contributed by atoms with Gasteiger partial charge in [0.05, 0.1) is 11.8 Å². The molecule has 1 heterocycles. The standard InChI is InChI=1S/C17H21NO3/c1-11-14(17(20)21)9-10-18(11)16(19)15(13-7-8-13)12-5-3-2-4-6-12/h2-6,11,13-15H,7-10H2,1H3,(H,20,21). The summed E-state index contributed by atoms with van der Waals surface area (Å²) in [5.74, 6) is -0.776. The molecule has 3 rings (SSSR count). The Kier molecular flexibility index (Phi) is 3.70. The van der Waals surface area contributed by atoms with E-state index < -0.39 is 11.9 Å². The van der Waals surface area contributed by atoms with E-state index in [4.69, 9.17) is 0 Å². The van der Waals surface area contributed by atoms with Crippen molar-refractivity contribution in [3.05, 3.63) is 35.9 Å². The number of likely N-dealkylation sites (tertiary alicyclic amines) is 1. The molecule has 3 atom stereocenters. The molecule has 1 N–H and O–H groups in total. The molecule has 2 fully saturated rings. The van der Waals surface area contributed by atoms with E-state index in [1.807, 2.05) is 37.3 Å². The highest BCUT2D eigenvalue weighted by molar-refractivity contribution is 5.86. The summed E-state index contributed by atoms with van der Waals surface area (Å²) in [6.07, 6.45) is 2.75. The maximum atomic E-state index is 12.9. The van der Waals surface area contributed by atoms with Gasteiger partial charge < -0.3 is 10.0 Å². The summed E-state index contributed by atoms with van der Waals surface area (Å²) in [6, 6.07) is 9.69. The van der Waals surface area contributed by atoms with Crippen LogP contribution in [0.5, 0.6) is 0 Å². The van der Waals surface area contributed by atoms with Crippen molar-refractivity contribution in [3.8, 4) is 0 Å². The van der Waals surface area contributed by atoms with Crippen LogP contribution in [-0.4, -0.2) is 34.5 Å². The highest BCUT2D eigenvalue weighted by atomic mass is 16.4. The Morgan fingerprint density at radius 2 is 1.86 bits per heavy atom. The summed E-state index contributed by atoms with van der Waals surface area (Å²) < 4.78 is 0. The molecule has 1 aliphatic heterocycles. The van der Waals surface area contributed by atoms with Gasteiger partial charge in [0.15, 0.2) is 0 Å². The van der Waals surface area contributed by atoms with Crippen LogP contribution in [0.4, 0.5) is 0 Å². The molecule has 21 heavy (non-hydrogen) atoms. The van der Waals surface area contributed by atoms with Crippen LogP contribution in [0, 0.1) is 11.8 Å². The van der Waals surface area contributed by atoms with Crippen LogP contribution in [0.15, 0.2) is 30.3 Å². The quantitative estimate of drug-likeness (QED) is 0.925. The van der Waals surface area contributed by atoms with Crippen molar-refractivity contribution in [2.45, 2.75) is 38.1 Å². The van der Waals surface area contributed by atoms with Gasteiger partial charge in [0.1, 0.15) is 0 Å². The van der Waals surface area contributed by atoms with E-state index in [2.05, 4.69) is 0 Å². The van der Waals surface area contributed by atoms with Crippen molar-refractivity contribution in [2.75, 3.05) is 6.54 Å². The lowest BCUT2D eigenvalue weighted by Crippen LogP contribution is -2.40. The number of rotatable bonds is 4. The van der Waals surface area contributed by atoms with Gasteiger partial charge in [-0.3, -0.25) is 9.59 Å². The molecule has 0 bridgehead atoms. The lowest BCUT2D eigenvalue weighted by molar-refractivity contribution is -0.143. The largest absolute Gasteiger partial charge is 0.481 e. The molecule has 0 spiro atoms. The Hall–Kier alpha value is -1.84. The minimum atomic E-state index is -0.791. The van der Waals surface area contributed by atoms with Gasteiger partial charge in [-0.1, -0.05) is 30.3 Å². The molecule has 4 heteroatoms. The zero-order valence-electron chi connectivity index (χ0n) is 12.2. The molecule has 0 aromatic heterocycles. The molecule has 1 aliphatic carbocycles. The van der Waals surface area contributed by atoms with Gasteiger partial charge in [-0.2, -0.15) is 0 Å². The van der Waals surface area contributed by atoms with E-state index in [9.17, 15) is 14.7 Å². The Morgan fingerprint density at radius 1 is 1.19 bits per heavy atom. The molecular weight excluding hydrogens is 266 g/mol. The van der Waals surface area contributed by atoms with Crippen LogP contribution in [0.1, 0.15) is 37.7 Å². The first-order valence-electron chi connectivity index (χ1n) is 7.68. The summed E-state index contributed by atoms with van der Waals surface area (Å²) in [6.45, 7) is 2.42. The third-order valence-electron chi connectivity index (χ3n) is 4.87. The van der Waals surface area contributed by atoms with Crippen LogP contribution in [0.2, 0.25) is 0 Å². The molecule has 112 valence electrons.